The van der Waals surface area contributed by atoms with E-state index in [-0.39, 0.29) is 6.04 Å². The van der Waals surface area contributed by atoms with Crippen molar-refractivity contribution < 1.29 is 0 Å². The van der Waals surface area contributed by atoms with Crippen molar-refractivity contribution in [1.82, 2.24) is 15.0 Å². The standard InChI is InChI=1S/C8H14ClN3/c1-5(2)7-8(9)12(6(3)4)11-10-7/h5-6H,1-4H3. The maximum Gasteiger partial charge on any atom is 0.151 e. The van der Waals surface area contributed by atoms with Gasteiger partial charge in [0.1, 0.15) is 5.69 Å². The Bertz CT molecular complexity index is 240. The average Bonchev–Trinajstić information content (AvgIpc) is 2.30. The van der Waals surface area contributed by atoms with Crippen LogP contribution in [0.4, 0.5) is 0 Å². The summed E-state index contributed by atoms with van der Waals surface area (Å²) in [6.07, 6.45) is 0. The van der Waals surface area contributed by atoms with E-state index in [4.69, 9.17) is 11.6 Å². The van der Waals surface area contributed by atoms with Crippen LogP contribution in [0.25, 0.3) is 0 Å². The van der Waals surface area contributed by atoms with Gasteiger partial charge in [0.2, 0.25) is 0 Å². The largest absolute Gasteiger partial charge is 0.231 e. The van der Waals surface area contributed by atoms with E-state index >= 15 is 0 Å². The van der Waals surface area contributed by atoms with E-state index in [0.717, 1.165) is 5.69 Å². The third-order valence-electron chi connectivity index (χ3n) is 1.70. The molecule has 0 N–H and O–H groups in total. The molecule has 1 rings (SSSR count). The molecule has 0 unspecified atom stereocenters. The van der Waals surface area contributed by atoms with Gasteiger partial charge in [-0.25, -0.2) is 4.68 Å². The van der Waals surface area contributed by atoms with Crippen LogP contribution in [-0.4, -0.2) is 15.0 Å². The molecule has 0 bridgehead atoms. The van der Waals surface area contributed by atoms with Gasteiger partial charge in [0.05, 0.1) is 0 Å². The number of nitrogens with zero attached hydrogens (tertiary/aromatic N) is 3. The second kappa shape index (κ2) is 3.44. The lowest BCUT2D eigenvalue weighted by molar-refractivity contribution is 0.514. The summed E-state index contributed by atoms with van der Waals surface area (Å²) in [7, 11) is 0. The summed E-state index contributed by atoms with van der Waals surface area (Å²) in [5.74, 6) is 0.338. The first-order chi connectivity index (χ1) is 5.54. The Labute approximate surface area is 77.7 Å². The van der Waals surface area contributed by atoms with Crippen LogP contribution in [-0.2, 0) is 0 Å². The molecular formula is C8H14ClN3. The summed E-state index contributed by atoms with van der Waals surface area (Å²) in [6, 6.07) is 0.275. The average molecular weight is 188 g/mol. The second-order valence-electron chi connectivity index (χ2n) is 3.46. The van der Waals surface area contributed by atoms with E-state index < -0.39 is 0 Å². The lowest BCUT2D eigenvalue weighted by atomic mass is 10.1. The van der Waals surface area contributed by atoms with E-state index in [0.29, 0.717) is 11.1 Å². The molecule has 4 heteroatoms. The molecule has 0 amide bonds. The summed E-state index contributed by atoms with van der Waals surface area (Å²) < 4.78 is 1.73. The first kappa shape index (κ1) is 9.52. The Morgan fingerprint density at radius 2 is 1.83 bits per heavy atom. The Hall–Kier alpha value is -0.570. The minimum absolute atomic E-state index is 0.275. The van der Waals surface area contributed by atoms with Gasteiger partial charge in [0.25, 0.3) is 0 Å². The van der Waals surface area contributed by atoms with Gasteiger partial charge in [-0.05, 0) is 13.8 Å². The van der Waals surface area contributed by atoms with Crippen LogP contribution in [0.15, 0.2) is 0 Å². The highest BCUT2D eigenvalue weighted by Gasteiger charge is 2.14. The molecule has 1 heterocycles. The molecule has 0 spiro atoms. The zero-order chi connectivity index (χ0) is 9.30. The van der Waals surface area contributed by atoms with Crippen molar-refractivity contribution in [3.05, 3.63) is 10.8 Å². The first-order valence-corrected chi connectivity index (χ1v) is 4.52. The van der Waals surface area contributed by atoms with Crippen LogP contribution >= 0.6 is 11.6 Å². The van der Waals surface area contributed by atoms with Crippen LogP contribution in [0.3, 0.4) is 0 Å². The Balaban J connectivity index is 3.04. The Kier molecular flexibility index (Phi) is 2.73. The highest BCUT2D eigenvalue weighted by molar-refractivity contribution is 6.30. The maximum atomic E-state index is 6.05. The van der Waals surface area contributed by atoms with Crippen molar-refractivity contribution in [1.29, 1.82) is 0 Å². The predicted octanol–water partition coefficient (Wildman–Crippen LogP) is 2.64. The molecule has 0 fully saturated rings. The summed E-state index contributed by atoms with van der Waals surface area (Å²) in [5, 5.41) is 8.66. The van der Waals surface area contributed by atoms with E-state index in [1.54, 1.807) is 4.68 Å². The SMILES string of the molecule is CC(C)c1nnn(C(C)C)c1Cl. The van der Waals surface area contributed by atoms with Gasteiger partial charge in [0.15, 0.2) is 5.15 Å². The van der Waals surface area contributed by atoms with Crippen LogP contribution in [0.5, 0.6) is 0 Å². The molecule has 0 radical (unpaired) electrons. The number of halogens is 1. The van der Waals surface area contributed by atoms with Crippen molar-refractivity contribution >= 4 is 11.6 Å². The summed E-state index contributed by atoms with van der Waals surface area (Å²) in [4.78, 5) is 0. The van der Waals surface area contributed by atoms with E-state index in [1.165, 1.54) is 0 Å². The summed E-state index contributed by atoms with van der Waals surface area (Å²) >= 11 is 6.05. The lowest BCUT2D eigenvalue weighted by Gasteiger charge is -2.05. The number of rotatable bonds is 2. The molecule has 0 atom stereocenters. The van der Waals surface area contributed by atoms with E-state index in [9.17, 15) is 0 Å². The molecule has 0 saturated carbocycles. The monoisotopic (exact) mass is 187 g/mol. The molecular weight excluding hydrogens is 174 g/mol. The molecule has 1 aromatic rings. The van der Waals surface area contributed by atoms with Gasteiger partial charge >= 0.3 is 0 Å². The van der Waals surface area contributed by atoms with Gasteiger partial charge in [-0.1, -0.05) is 30.7 Å². The van der Waals surface area contributed by atoms with Crippen LogP contribution in [0.2, 0.25) is 5.15 Å². The van der Waals surface area contributed by atoms with Crippen molar-refractivity contribution in [2.75, 3.05) is 0 Å². The molecule has 0 aliphatic rings. The van der Waals surface area contributed by atoms with Gasteiger partial charge in [-0.15, -0.1) is 5.10 Å². The molecule has 12 heavy (non-hydrogen) atoms. The molecule has 0 saturated heterocycles. The normalized spacial score (nSPS) is 11.6. The van der Waals surface area contributed by atoms with E-state index in [2.05, 4.69) is 24.2 Å². The van der Waals surface area contributed by atoms with Gasteiger partial charge in [0, 0.05) is 12.0 Å². The van der Waals surface area contributed by atoms with Crippen molar-refractivity contribution in [3.8, 4) is 0 Å². The second-order valence-corrected chi connectivity index (χ2v) is 3.82. The third-order valence-corrected chi connectivity index (χ3v) is 2.06. The zero-order valence-corrected chi connectivity index (χ0v) is 8.63. The minimum atomic E-state index is 0.275. The molecule has 3 nitrogen and oxygen atoms in total. The Morgan fingerprint density at radius 3 is 2.08 bits per heavy atom. The fourth-order valence-corrected chi connectivity index (χ4v) is 1.46. The topological polar surface area (TPSA) is 30.7 Å². The van der Waals surface area contributed by atoms with Gasteiger partial charge < -0.3 is 0 Å². The minimum Gasteiger partial charge on any atom is -0.231 e. The van der Waals surface area contributed by atoms with Crippen molar-refractivity contribution in [2.24, 2.45) is 0 Å². The molecule has 0 aliphatic carbocycles. The highest BCUT2D eigenvalue weighted by atomic mass is 35.5. The smallest absolute Gasteiger partial charge is 0.151 e. The van der Waals surface area contributed by atoms with Crippen molar-refractivity contribution in [3.63, 3.8) is 0 Å². The maximum absolute atomic E-state index is 6.05. The van der Waals surface area contributed by atoms with Crippen LogP contribution in [0.1, 0.15) is 45.3 Å². The quantitative estimate of drug-likeness (QED) is 0.713. The van der Waals surface area contributed by atoms with Gasteiger partial charge in [-0.2, -0.15) is 0 Å². The highest BCUT2D eigenvalue weighted by Crippen LogP contribution is 2.23. The number of aromatic nitrogens is 3. The van der Waals surface area contributed by atoms with Crippen LogP contribution in [0, 0.1) is 0 Å². The Morgan fingerprint density at radius 1 is 1.25 bits per heavy atom. The fraction of sp³-hybridized carbons (Fsp3) is 0.750. The molecule has 0 aromatic carbocycles. The van der Waals surface area contributed by atoms with E-state index in [1.807, 2.05) is 13.8 Å². The third kappa shape index (κ3) is 1.61. The zero-order valence-electron chi connectivity index (χ0n) is 7.87. The van der Waals surface area contributed by atoms with Gasteiger partial charge in [-0.3, -0.25) is 0 Å². The summed E-state index contributed by atoms with van der Waals surface area (Å²) in [5.41, 5.74) is 0.880. The molecule has 68 valence electrons. The number of hydrogen-bond acceptors (Lipinski definition) is 2. The van der Waals surface area contributed by atoms with Crippen LogP contribution < -0.4 is 0 Å². The number of hydrogen-bond donors (Lipinski definition) is 0. The summed E-state index contributed by atoms with van der Waals surface area (Å²) in [6.45, 7) is 8.18. The fourth-order valence-electron chi connectivity index (χ4n) is 0.978. The predicted molar refractivity (Wildman–Crippen MR) is 49.5 cm³/mol. The van der Waals surface area contributed by atoms with Crippen molar-refractivity contribution in [2.45, 2.75) is 39.7 Å². The molecule has 0 aliphatic heterocycles. The lowest BCUT2D eigenvalue weighted by Crippen LogP contribution is -2.02. The molecule has 1 aromatic heterocycles. The first-order valence-electron chi connectivity index (χ1n) is 4.14.